The first kappa shape index (κ1) is 10.2. The predicted molar refractivity (Wildman–Crippen MR) is 48.6 cm³/mol. The normalized spacial score (nSPS) is 8.55. The average Bonchev–Trinajstić information content (AvgIpc) is 1.85. The number of rotatable bonds is 1. The highest BCUT2D eigenvalue weighted by Gasteiger charge is 1.91. The lowest BCUT2D eigenvalue weighted by Crippen LogP contribution is -1.83. The molecule has 0 spiro atoms. The maximum atomic E-state index is 10.3. The quantitative estimate of drug-likeness (QED) is 0.592. The molecule has 0 aromatic heterocycles. The molecule has 1 nitrogen and oxygen atoms in total. The van der Waals surface area contributed by atoms with E-state index in [4.69, 9.17) is 0 Å². The van der Waals surface area contributed by atoms with Crippen LogP contribution in [0.5, 0.6) is 0 Å². The molecule has 0 fully saturated rings. The molecule has 0 saturated carbocycles. The average molecular weight is 171 g/mol. The summed E-state index contributed by atoms with van der Waals surface area (Å²) in [7, 11) is 0. The van der Waals surface area contributed by atoms with Gasteiger partial charge in [-0.25, -0.2) is 0 Å². The maximum absolute atomic E-state index is 10.3. The van der Waals surface area contributed by atoms with Gasteiger partial charge in [-0.2, -0.15) is 0 Å². The molecule has 0 saturated heterocycles. The zero-order valence-corrected chi connectivity index (χ0v) is 7.44. The highest BCUT2D eigenvalue weighted by Crippen LogP contribution is 2.05. The van der Waals surface area contributed by atoms with Crippen molar-refractivity contribution in [2.75, 3.05) is 0 Å². The Morgan fingerprint density at radius 3 is 1.91 bits per heavy atom. The maximum Gasteiger partial charge on any atom is 0.150 e. The van der Waals surface area contributed by atoms with Crippen LogP contribution in [-0.2, 0) is 0 Å². The summed E-state index contributed by atoms with van der Waals surface area (Å²) in [4.78, 5) is 10.3. The number of aryl methyl sites for hydroxylation is 2. The second-order valence-electron chi connectivity index (χ2n) is 2.54. The molecule has 0 atom stereocenters. The van der Waals surface area contributed by atoms with Crippen molar-refractivity contribution in [3.63, 3.8) is 0 Å². The first-order valence-electron chi connectivity index (χ1n) is 3.26. The van der Waals surface area contributed by atoms with Crippen molar-refractivity contribution in [3.8, 4) is 0 Å². The Bertz CT molecular complexity index is 235. The standard InChI is InChI=1S/C9H10O.ClH/c1-7-3-8(2)5-9(4-7)6-10;/h3-6H,1-2H3;1H. The number of aldehydes is 1. The van der Waals surface area contributed by atoms with E-state index in [2.05, 4.69) is 0 Å². The molecule has 0 bridgehead atoms. The Morgan fingerprint density at radius 1 is 1.09 bits per heavy atom. The molecule has 0 radical (unpaired) electrons. The number of carbonyl (C=O) groups is 1. The molecule has 0 amide bonds. The molecule has 60 valence electrons. The van der Waals surface area contributed by atoms with E-state index in [0.29, 0.717) is 0 Å². The van der Waals surface area contributed by atoms with Crippen molar-refractivity contribution in [3.05, 3.63) is 34.9 Å². The first-order chi connectivity index (χ1) is 4.72. The van der Waals surface area contributed by atoms with Crippen LogP contribution in [0.3, 0.4) is 0 Å². The molecule has 0 aliphatic heterocycles. The van der Waals surface area contributed by atoms with Gasteiger partial charge in [0.05, 0.1) is 0 Å². The SMILES string of the molecule is Cc1cc(C)cc(C=O)c1.Cl. The molecule has 1 aromatic rings. The lowest BCUT2D eigenvalue weighted by molar-refractivity contribution is 0.112. The second-order valence-corrected chi connectivity index (χ2v) is 2.54. The third kappa shape index (κ3) is 2.72. The summed E-state index contributed by atoms with van der Waals surface area (Å²) in [5.41, 5.74) is 3.04. The Balaban J connectivity index is 0.000001000. The zero-order chi connectivity index (χ0) is 7.56. The van der Waals surface area contributed by atoms with Crippen LogP contribution in [0.1, 0.15) is 21.5 Å². The van der Waals surface area contributed by atoms with Crippen LogP contribution in [0.25, 0.3) is 0 Å². The number of halogens is 1. The molecule has 0 N–H and O–H groups in total. The van der Waals surface area contributed by atoms with Crippen molar-refractivity contribution < 1.29 is 4.79 Å². The van der Waals surface area contributed by atoms with E-state index < -0.39 is 0 Å². The van der Waals surface area contributed by atoms with E-state index in [-0.39, 0.29) is 12.4 Å². The van der Waals surface area contributed by atoms with E-state index >= 15 is 0 Å². The van der Waals surface area contributed by atoms with E-state index in [1.54, 1.807) is 0 Å². The molecular weight excluding hydrogens is 160 g/mol. The Kier molecular flexibility index (Phi) is 3.83. The molecule has 1 aromatic carbocycles. The van der Waals surface area contributed by atoms with Crippen molar-refractivity contribution in [2.45, 2.75) is 13.8 Å². The molecule has 0 aliphatic carbocycles. The molecule has 0 aliphatic rings. The van der Waals surface area contributed by atoms with Crippen LogP contribution in [-0.4, -0.2) is 6.29 Å². The lowest BCUT2D eigenvalue weighted by atomic mass is 10.1. The van der Waals surface area contributed by atoms with Crippen LogP contribution >= 0.6 is 12.4 Å². The number of hydrogen-bond acceptors (Lipinski definition) is 1. The third-order valence-corrected chi connectivity index (χ3v) is 1.38. The first-order valence-corrected chi connectivity index (χ1v) is 3.26. The van der Waals surface area contributed by atoms with Crippen LogP contribution in [0.2, 0.25) is 0 Å². The summed E-state index contributed by atoms with van der Waals surface area (Å²) >= 11 is 0. The van der Waals surface area contributed by atoms with Gasteiger partial charge in [0.1, 0.15) is 6.29 Å². The highest BCUT2D eigenvalue weighted by atomic mass is 35.5. The minimum absolute atomic E-state index is 0. The van der Waals surface area contributed by atoms with Crippen LogP contribution in [0, 0.1) is 13.8 Å². The van der Waals surface area contributed by atoms with Gasteiger partial charge in [-0.3, -0.25) is 4.79 Å². The fourth-order valence-corrected chi connectivity index (χ4v) is 1.08. The minimum atomic E-state index is 0. The highest BCUT2D eigenvalue weighted by molar-refractivity contribution is 5.85. The van der Waals surface area contributed by atoms with E-state index in [9.17, 15) is 4.79 Å². The summed E-state index contributed by atoms with van der Waals surface area (Å²) in [5.74, 6) is 0. The van der Waals surface area contributed by atoms with Crippen LogP contribution in [0.15, 0.2) is 18.2 Å². The van der Waals surface area contributed by atoms with Gasteiger partial charge in [-0.05, 0) is 26.0 Å². The van der Waals surface area contributed by atoms with E-state index in [1.165, 1.54) is 0 Å². The summed E-state index contributed by atoms with van der Waals surface area (Å²) in [5, 5.41) is 0. The number of carbonyl (C=O) groups excluding carboxylic acids is 1. The smallest absolute Gasteiger partial charge is 0.150 e. The summed E-state index contributed by atoms with van der Waals surface area (Å²) in [6.07, 6.45) is 0.875. The number of hydrogen-bond donors (Lipinski definition) is 0. The van der Waals surface area contributed by atoms with Gasteiger partial charge in [0.2, 0.25) is 0 Å². The van der Waals surface area contributed by atoms with Gasteiger partial charge >= 0.3 is 0 Å². The Hall–Kier alpha value is -0.820. The van der Waals surface area contributed by atoms with E-state index in [0.717, 1.165) is 23.0 Å². The van der Waals surface area contributed by atoms with Crippen molar-refractivity contribution in [1.82, 2.24) is 0 Å². The molecule has 0 heterocycles. The van der Waals surface area contributed by atoms with Crippen LogP contribution < -0.4 is 0 Å². The lowest BCUT2D eigenvalue weighted by Gasteiger charge is -1.96. The zero-order valence-electron chi connectivity index (χ0n) is 6.63. The second kappa shape index (κ2) is 4.14. The van der Waals surface area contributed by atoms with Gasteiger partial charge in [0, 0.05) is 5.56 Å². The number of benzene rings is 1. The van der Waals surface area contributed by atoms with Gasteiger partial charge < -0.3 is 0 Å². The van der Waals surface area contributed by atoms with Gasteiger partial charge in [-0.15, -0.1) is 12.4 Å². The molecule has 2 heteroatoms. The van der Waals surface area contributed by atoms with Crippen molar-refractivity contribution in [1.29, 1.82) is 0 Å². The molecule has 1 rings (SSSR count). The van der Waals surface area contributed by atoms with Gasteiger partial charge in [-0.1, -0.05) is 17.2 Å². The fraction of sp³-hybridized carbons (Fsp3) is 0.222. The summed E-state index contributed by atoms with van der Waals surface area (Å²) < 4.78 is 0. The summed E-state index contributed by atoms with van der Waals surface area (Å²) in [6, 6.07) is 5.80. The van der Waals surface area contributed by atoms with Gasteiger partial charge in [0.15, 0.2) is 0 Å². The Morgan fingerprint density at radius 2 is 1.55 bits per heavy atom. The topological polar surface area (TPSA) is 17.1 Å². The van der Waals surface area contributed by atoms with Crippen molar-refractivity contribution >= 4 is 18.7 Å². The van der Waals surface area contributed by atoms with Crippen LogP contribution in [0.4, 0.5) is 0 Å². The molecular formula is C9H11ClO. The Labute approximate surface area is 72.8 Å². The van der Waals surface area contributed by atoms with E-state index in [1.807, 2.05) is 32.0 Å². The summed E-state index contributed by atoms with van der Waals surface area (Å²) in [6.45, 7) is 3.97. The fourth-order valence-electron chi connectivity index (χ4n) is 1.08. The largest absolute Gasteiger partial charge is 0.298 e. The minimum Gasteiger partial charge on any atom is -0.298 e. The molecule has 0 unspecified atom stereocenters. The molecule has 11 heavy (non-hydrogen) atoms. The monoisotopic (exact) mass is 170 g/mol. The van der Waals surface area contributed by atoms with Crippen molar-refractivity contribution in [2.24, 2.45) is 0 Å². The predicted octanol–water partition coefficient (Wildman–Crippen LogP) is 2.54. The third-order valence-electron chi connectivity index (χ3n) is 1.38. The van der Waals surface area contributed by atoms with Gasteiger partial charge in [0.25, 0.3) is 0 Å².